The minimum atomic E-state index is 0.611. The average Bonchev–Trinajstić information content (AvgIpc) is 2.59. The van der Waals surface area contributed by atoms with Gasteiger partial charge in [0.25, 0.3) is 0 Å². The van der Waals surface area contributed by atoms with Gasteiger partial charge in [-0.05, 0) is 32.3 Å². The van der Waals surface area contributed by atoms with Crippen molar-refractivity contribution in [3.8, 4) is 6.07 Å². The molecule has 1 aromatic carbocycles. The highest BCUT2D eigenvalue weighted by Gasteiger charge is 2.17. The Morgan fingerprint density at radius 3 is 2.65 bits per heavy atom. The summed E-state index contributed by atoms with van der Waals surface area (Å²) in [5.74, 6) is 0. The lowest BCUT2D eigenvalue weighted by molar-refractivity contribution is 0.229. The van der Waals surface area contributed by atoms with Gasteiger partial charge in [0.2, 0.25) is 0 Å². The summed E-state index contributed by atoms with van der Waals surface area (Å²) in [5, 5.41) is 9.98. The van der Waals surface area contributed by atoms with E-state index in [1.807, 2.05) is 6.07 Å². The van der Waals surface area contributed by atoms with Crippen LogP contribution in [0.2, 0.25) is 0 Å². The van der Waals surface area contributed by atoms with Crippen LogP contribution in [0.15, 0.2) is 30.5 Å². The molecule has 23 heavy (non-hydrogen) atoms. The van der Waals surface area contributed by atoms with E-state index in [2.05, 4.69) is 58.0 Å². The first-order valence-electron chi connectivity index (χ1n) is 8.07. The molecule has 0 unspecified atom stereocenters. The normalized spacial score (nSPS) is 16.0. The maximum Gasteiger partial charge on any atom is 0.101 e. The van der Waals surface area contributed by atoms with Crippen molar-refractivity contribution in [1.82, 2.24) is 14.8 Å². The number of nitrogens with zero attached hydrogens (tertiary/aromatic N) is 5. The molecule has 0 radical (unpaired) electrons. The molecule has 1 fully saturated rings. The van der Waals surface area contributed by atoms with Gasteiger partial charge in [-0.25, -0.2) is 0 Å². The predicted molar refractivity (Wildman–Crippen MR) is 93.7 cm³/mol. The minimum absolute atomic E-state index is 0.611. The molecule has 120 valence electrons. The third-order valence-corrected chi connectivity index (χ3v) is 4.40. The van der Waals surface area contributed by atoms with Crippen LogP contribution in [-0.4, -0.2) is 68.1 Å². The van der Waals surface area contributed by atoms with E-state index in [9.17, 15) is 0 Å². The van der Waals surface area contributed by atoms with E-state index in [1.165, 1.54) is 5.69 Å². The van der Waals surface area contributed by atoms with Crippen LogP contribution in [-0.2, 0) is 0 Å². The van der Waals surface area contributed by atoms with Crippen molar-refractivity contribution in [2.75, 3.05) is 58.3 Å². The number of benzene rings is 1. The second-order valence-electron chi connectivity index (χ2n) is 6.34. The summed E-state index contributed by atoms with van der Waals surface area (Å²) in [7, 11) is 4.24. The number of piperazine rings is 1. The van der Waals surface area contributed by atoms with E-state index in [4.69, 9.17) is 5.26 Å². The van der Waals surface area contributed by atoms with Gasteiger partial charge in [0.1, 0.15) is 6.07 Å². The van der Waals surface area contributed by atoms with Crippen LogP contribution in [0.1, 0.15) is 5.56 Å². The Kier molecular flexibility index (Phi) is 4.75. The van der Waals surface area contributed by atoms with Gasteiger partial charge in [-0.1, -0.05) is 6.07 Å². The molecular weight excluding hydrogens is 286 g/mol. The summed E-state index contributed by atoms with van der Waals surface area (Å²) in [6.45, 7) is 6.56. The zero-order chi connectivity index (χ0) is 16.2. The lowest BCUT2D eigenvalue weighted by atomic mass is 10.1. The van der Waals surface area contributed by atoms with E-state index < -0.39 is 0 Å². The number of rotatable bonds is 4. The highest BCUT2D eigenvalue weighted by Crippen LogP contribution is 2.22. The van der Waals surface area contributed by atoms with E-state index in [0.29, 0.717) is 5.56 Å². The molecule has 1 aromatic heterocycles. The van der Waals surface area contributed by atoms with Gasteiger partial charge in [-0.2, -0.15) is 5.26 Å². The number of hydrogen-bond donors (Lipinski definition) is 0. The Morgan fingerprint density at radius 2 is 1.96 bits per heavy atom. The Bertz CT molecular complexity index is 711. The van der Waals surface area contributed by atoms with Crippen LogP contribution in [0.4, 0.5) is 5.69 Å². The highest BCUT2D eigenvalue weighted by molar-refractivity contribution is 5.83. The van der Waals surface area contributed by atoms with Gasteiger partial charge < -0.3 is 9.80 Å². The first-order valence-corrected chi connectivity index (χ1v) is 8.07. The van der Waals surface area contributed by atoms with E-state index >= 15 is 0 Å². The van der Waals surface area contributed by atoms with Crippen molar-refractivity contribution in [2.45, 2.75) is 0 Å². The molecule has 0 atom stereocenters. The summed E-state index contributed by atoms with van der Waals surface area (Å²) in [6.07, 6.45) is 1.64. The van der Waals surface area contributed by atoms with Gasteiger partial charge in [0.15, 0.2) is 0 Å². The number of likely N-dealkylation sites (N-methyl/N-ethyl adjacent to an activating group) is 1. The van der Waals surface area contributed by atoms with Crippen LogP contribution < -0.4 is 4.90 Å². The first-order chi connectivity index (χ1) is 11.2. The van der Waals surface area contributed by atoms with Crippen molar-refractivity contribution >= 4 is 16.6 Å². The van der Waals surface area contributed by atoms with E-state index in [-0.39, 0.29) is 0 Å². The molecule has 0 saturated carbocycles. The monoisotopic (exact) mass is 309 g/mol. The van der Waals surface area contributed by atoms with Gasteiger partial charge >= 0.3 is 0 Å². The van der Waals surface area contributed by atoms with Crippen LogP contribution in [0.3, 0.4) is 0 Å². The zero-order valence-corrected chi connectivity index (χ0v) is 13.9. The molecule has 1 saturated heterocycles. The minimum Gasteiger partial charge on any atom is -0.369 e. The molecule has 2 aromatic rings. The van der Waals surface area contributed by atoms with Crippen molar-refractivity contribution in [2.24, 2.45) is 0 Å². The van der Waals surface area contributed by atoms with Crippen LogP contribution >= 0.6 is 0 Å². The van der Waals surface area contributed by atoms with Crippen molar-refractivity contribution in [1.29, 1.82) is 5.26 Å². The SMILES string of the molecule is CN(C)CCN1CCN(c2ccc3cc(C#N)cnc3c2)CC1. The number of fused-ring (bicyclic) bond motifs is 1. The third-order valence-electron chi connectivity index (χ3n) is 4.40. The van der Waals surface area contributed by atoms with Crippen molar-refractivity contribution in [3.05, 3.63) is 36.0 Å². The summed E-state index contributed by atoms with van der Waals surface area (Å²) < 4.78 is 0. The molecule has 1 aliphatic heterocycles. The fourth-order valence-electron chi connectivity index (χ4n) is 2.94. The largest absolute Gasteiger partial charge is 0.369 e. The smallest absolute Gasteiger partial charge is 0.101 e. The highest BCUT2D eigenvalue weighted by atomic mass is 15.3. The molecule has 1 aliphatic rings. The molecule has 0 aliphatic carbocycles. The second kappa shape index (κ2) is 6.95. The molecule has 3 rings (SSSR count). The maximum atomic E-state index is 8.95. The van der Waals surface area contributed by atoms with Gasteiger partial charge in [0.05, 0.1) is 11.1 Å². The van der Waals surface area contributed by atoms with Gasteiger partial charge in [-0.3, -0.25) is 9.88 Å². The number of aromatic nitrogens is 1. The Hall–Kier alpha value is -2.16. The topological polar surface area (TPSA) is 46.4 Å². The first kappa shape index (κ1) is 15.7. The molecule has 5 nitrogen and oxygen atoms in total. The van der Waals surface area contributed by atoms with Gasteiger partial charge in [0, 0.05) is 56.5 Å². The fraction of sp³-hybridized carbons (Fsp3) is 0.444. The summed E-state index contributed by atoms with van der Waals surface area (Å²) in [6, 6.07) is 10.4. The quantitative estimate of drug-likeness (QED) is 0.862. The lowest BCUT2D eigenvalue weighted by Crippen LogP contribution is -2.48. The van der Waals surface area contributed by atoms with Gasteiger partial charge in [-0.15, -0.1) is 0 Å². The zero-order valence-electron chi connectivity index (χ0n) is 13.9. The molecule has 0 N–H and O–H groups in total. The predicted octanol–water partition coefficient (Wildman–Crippen LogP) is 1.79. The Morgan fingerprint density at radius 1 is 1.17 bits per heavy atom. The second-order valence-corrected chi connectivity index (χ2v) is 6.34. The lowest BCUT2D eigenvalue weighted by Gasteiger charge is -2.36. The maximum absolute atomic E-state index is 8.95. The number of nitriles is 1. The van der Waals surface area contributed by atoms with Crippen LogP contribution in [0, 0.1) is 11.3 Å². The standard InChI is InChI=1S/C18H23N5/c1-21(2)5-6-22-7-9-23(10-8-22)17-4-3-16-11-15(13-19)14-20-18(16)12-17/h3-4,11-12,14H,5-10H2,1-2H3. The van der Waals surface area contributed by atoms with Crippen molar-refractivity contribution in [3.63, 3.8) is 0 Å². The molecule has 0 amide bonds. The number of hydrogen-bond acceptors (Lipinski definition) is 5. The summed E-state index contributed by atoms with van der Waals surface area (Å²) >= 11 is 0. The molecular formula is C18H23N5. The Labute approximate surface area is 137 Å². The van der Waals surface area contributed by atoms with Crippen LogP contribution in [0.5, 0.6) is 0 Å². The van der Waals surface area contributed by atoms with Crippen molar-refractivity contribution < 1.29 is 0 Å². The molecule has 2 heterocycles. The third kappa shape index (κ3) is 3.79. The summed E-state index contributed by atoms with van der Waals surface area (Å²) in [4.78, 5) is 11.6. The fourth-order valence-corrected chi connectivity index (χ4v) is 2.94. The van der Waals surface area contributed by atoms with E-state index in [0.717, 1.165) is 50.2 Å². The Balaban J connectivity index is 1.66. The average molecular weight is 309 g/mol. The van der Waals surface area contributed by atoms with Crippen LogP contribution in [0.25, 0.3) is 10.9 Å². The number of anilines is 1. The number of pyridine rings is 1. The molecule has 0 bridgehead atoms. The van der Waals surface area contributed by atoms with E-state index in [1.54, 1.807) is 6.20 Å². The summed E-state index contributed by atoms with van der Waals surface area (Å²) in [5.41, 5.74) is 2.79. The molecule has 5 heteroatoms. The molecule has 0 spiro atoms.